The van der Waals surface area contributed by atoms with E-state index in [1.54, 1.807) is 11.7 Å². The summed E-state index contributed by atoms with van der Waals surface area (Å²) in [6.45, 7) is 1.02. The van der Waals surface area contributed by atoms with Crippen molar-refractivity contribution in [1.29, 1.82) is 0 Å². The van der Waals surface area contributed by atoms with Crippen molar-refractivity contribution in [2.75, 3.05) is 13.7 Å². The Labute approximate surface area is 161 Å². The highest BCUT2D eigenvalue weighted by atomic mass is 32.1. The Balaban J connectivity index is 1.80. The fraction of sp³-hybridized carbons (Fsp3) is 0.143. The third-order valence-corrected chi connectivity index (χ3v) is 5.27. The highest BCUT2D eigenvalue weighted by Crippen LogP contribution is 2.34. The lowest BCUT2D eigenvalue weighted by molar-refractivity contribution is 0.183. The van der Waals surface area contributed by atoms with Crippen molar-refractivity contribution in [1.82, 2.24) is 4.57 Å². The number of nitrogens with zero attached hydrogens (tertiary/aromatic N) is 3. The summed E-state index contributed by atoms with van der Waals surface area (Å²) < 4.78 is 6.97. The second kappa shape index (κ2) is 7.73. The molecular weight excluding hydrogens is 358 g/mol. The van der Waals surface area contributed by atoms with Crippen molar-refractivity contribution in [2.24, 2.45) is 9.98 Å². The summed E-state index contributed by atoms with van der Waals surface area (Å²) in [7, 11) is 1.65. The van der Waals surface area contributed by atoms with Gasteiger partial charge in [-0.25, -0.2) is 4.99 Å². The van der Waals surface area contributed by atoms with Gasteiger partial charge < -0.3 is 9.84 Å². The second-order valence-electron chi connectivity index (χ2n) is 6.04. The molecule has 4 rings (SSSR count). The van der Waals surface area contributed by atoms with Gasteiger partial charge in [-0.3, -0.25) is 9.56 Å². The lowest BCUT2D eigenvalue weighted by Gasteiger charge is -2.04. The molecule has 2 aromatic carbocycles. The summed E-state index contributed by atoms with van der Waals surface area (Å²) in [4.78, 5) is 10.6. The summed E-state index contributed by atoms with van der Waals surface area (Å²) in [5, 5.41) is 10.8. The van der Waals surface area contributed by atoms with E-state index in [1.807, 2.05) is 66.9 Å². The van der Waals surface area contributed by atoms with Crippen LogP contribution in [0.3, 0.4) is 0 Å². The van der Waals surface area contributed by atoms with Crippen LogP contribution in [0.4, 0.5) is 11.4 Å². The van der Waals surface area contributed by atoms with Crippen LogP contribution in [0.15, 0.2) is 64.6 Å². The van der Waals surface area contributed by atoms with E-state index in [-0.39, 0.29) is 5.88 Å². The molecule has 0 atom stereocenters. The van der Waals surface area contributed by atoms with Crippen molar-refractivity contribution in [3.63, 3.8) is 0 Å². The quantitative estimate of drug-likeness (QED) is 0.717. The molecule has 1 aliphatic rings. The molecule has 0 amide bonds. The SMILES string of the molecule is COCCn1c(O)c(/C=C2\C=Nc3ccccc32)sc1=Nc1ccccc1. The van der Waals surface area contributed by atoms with E-state index in [4.69, 9.17) is 9.73 Å². The van der Waals surface area contributed by atoms with Gasteiger partial charge in [0.15, 0.2) is 4.80 Å². The summed E-state index contributed by atoms with van der Waals surface area (Å²) in [5.41, 5.74) is 3.83. The first-order chi connectivity index (χ1) is 13.3. The van der Waals surface area contributed by atoms with Gasteiger partial charge in [-0.05, 0) is 24.3 Å². The number of thiazole rings is 1. The number of para-hydroxylation sites is 2. The maximum atomic E-state index is 10.8. The largest absolute Gasteiger partial charge is 0.493 e. The Morgan fingerprint density at radius 1 is 1.15 bits per heavy atom. The molecule has 1 aromatic heterocycles. The zero-order chi connectivity index (χ0) is 18.6. The highest BCUT2D eigenvalue weighted by molar-refractivity contribution is 7.10. The lowest BCUT2D eigenvalue weighted by atomic mass is 10.1. The van der Waals surface area contributed by atoms with Crippen LogP contribution in [0.25, 0.3) is 11.6 Å². The van der Waals surface area contributed by atoms with Crippen molar-refractivity contribution in [2.45, 2.75) is 6.54 Å². The molecule has 1 N–H and O–H groups in total. The number of ether oxygens (including phenoxy) is 1. The van der Waals surface area contributed by atoms with Gasteiger partial charge in [0.2, 0.25) is 5.88 Å². The predicted octanol–water partition coefficient (Wildman–Crippen LogP) is 4.39. The van der Waals surface area contributed by atoms with Crippen molar-refractivity contribution in [3.05, 3.63) is 69.8 Å². The first-order valence-corrected chi connectivity index (χ1v) is 9.44. The van der Waals surface area contributed by atoms with Crippen molar-refractivity contribution < 1.29 is 9.84 Å². The fourth-order valence-corrected chi connectivity index (χ4v) is 3.92. The molecule has 6 heteroatoms. The van der Waals surface area contributed by atoms with Gasteiger partial charge in [0.25, 0.3) is 0 Å². The number of fused-ring (bicyclic) bond motifs is 1. The third kappa shape index (κ3) is 3.63. The summed E-state index contributed by atoms with van der Waals surface area (Å²) in [6.07, 6.45) is 3.79. The van der Waals surface area contributed by atoms with Crippen LogP contribution < -0.4 is 4.80 Å². The molecule has 1 aliphatic heterocycles. The first-order valence-electron chi connectivity index (χ1n) is 8.63. The van der Waals surface area contributed by atoms with Gasteiger partial charge in [0.1, 0.15) is 0 Å². The Bertz CT molecular complexity index is 1080. The molecule has 0 fully saturated rings. The number of allylic oxidation sites excluding steroid dienone is 1. The Hall–Kier alpha value is -2.96. The van der Waals surface area contributed by atoms with Crippen molar-refractivity contribution >= 4 is 40.6 Å². The predicted molar refractivity (Wildman–Crippen MR) is 110 cm³/mol. The van der Waals surface area contributed by atoms with Crippen LogP contribution in [0, 0.1) is 0 Å². The van der Waals surface area contributed by atoms with E-state index < -0.39 is 0 Å². The molecule has 0 saturated heterocycles. The molecule has 0 spiro atoms. The smallest absolute Gasteiger partial charge is 0.211 e. The average molecular weight is 377 g/mol. The molecule has 5 nitrogen and oxygen atoms in total. The molecule has 0 radical (unpaired) electrons. The van der Waals surface area contributed by atoms with Crippen LogP contribution in [0.5, 0.6) is 5.88 Å². The van der Waals surface area contributed by atoms with Crippen LogP contribution in [0.1, 0.15) is 10.4 Å². The number of aromatic nitrogens is 1. The lowest BCUT2D eigenvalue weighted by Crippen LogP contribution is -2.16. The molecule has 136 valence electrons. The van der Waals surface area contributed by atoms with Gasteiger partial charge in [-0.1, -0.05) is 47.7 Å². The monoisotopic (exact) mass is 377 g/mol. The third-order valence-electron chi connectivity index (χ3n) is 4.25. The molecule has 0 saturated carbocycles. The number of hydrogen-bond acceptors (Lipinski definition) is 5. The number of benzene rings is 2. The minimum Gasteiger partial charge on any atom is -0.493 e. The zero-order valence-electron chi connectivity index (χ0n) is 14.9. The van der Waals surface area contributed by atoms with E-state index >= 15 is 0 Å². The average Bonchev–Trinajstić information content (AvgIpc) is 3.23. The minimum atomic E-state index is 0.192. The Morgan fingerprint density at radius 3 is 2.74 bits per heavy atom. The topological polar surface area (TPSA) is 59.1 Å². The van der Waals surface area contributed by atoms with Crippen LogP contribution in [0.2, 0.25) is 0 Å². The molecule has 0 bridgehead atoms. The minimum absolute atomic E-state index is 0.192. The molecule has 0 unspecified atom stereocenters. The van der Waals surface area contributed by atoms with Gasteiger partial charge >= 0.3 is 0 Å². The fourth-order valence-electron chi connectivity index (χ4n) is 2.89. The maximum absolute atomic E-state index is 10.8. The van der Waals surface area contributed by atoms with Crippen LogP contribution in [-0.4, -0.2) is 29.6 Å². The molecule has 27 heavy (non-hydrogen) atoms. The van der Waals surface area contributed by atoms with Crippen LogP contribution in [-0.2, 0) is 11.3 Å². The van der Waals surface area contributed by atoms with Gasteiger partial charge in [0.05, 0.1) is 29.4 Å². The Kier molecular flexibility index (Phi) is 5.00. The molecular formula is C21H19N3O2S. The van der Waals surface area contributed by atoms with Crippen molar-refractivity contribution in [3.8, 4) is 5.88 Å². The second-order valence-corrected chi connectivity index (χ2v) is 7.05. The molecule has 3 aromatic rings. The maximum Gasteiger partial charge on any atom is 0.211 e. The van der Waals surface area contributed by atoms with Gasteiger partial charge in [-0.2, -0.15) is 0 Å². The summed E-state index contributed by atoms with van der Waals surface area (Å²) >= 11 is 1.45. The number of aliphatic imine (C=N–C) groups is 1. The van der Waals surface area contributed by atoms with Gasteiger partial charge in [-0.15, -0.1) is 0 Å². The number of methoxy groups -OCH3 is 1. The first kappa shape index (κ1) is 17.5. The molecule has 2 heterocycles. The standard InChI is InChI=1S/C21H19N3O2S/c1-26-12-11-24-20(25)19(27-21(24)23-16-7-3-2-4-8-16)13-15-14-22-18-10-6-5-9-17(15)18/h2-10,13-14,25H,11-12H2,1H3/b15-13+,23-21?. The normalized spacial score (nSPS) is 14.9. The number of hydrogen-bond donors (Lipinski definition) is 1. The molecule has 0 aliphatic carbocycles. The summed E-state index contributed by atoms with van der Waals surface area (Å²) in [6, 6.07) is 17.7. The number of aromatic hydroxyl groups is 1. The van der Waals surface area contributed by atoms with E-state index in [0.29, 0.717) is 13.2 Å². The Morgan fingerprint density at radius 2 is 1.93 bits per heavy atom. The van der Waals surface area contributed by atoms with Crippen LogP contribution >= 0.6 is 11.3 Å². The van der Waals surface area contributed by atoms with E-state index in [1.165, 1.54) is 11.3 Å². The van der Waals surface area contributed by atoms with E-state index in [0.717, 1.165) is 32.2 Å². The van der Waals surface area contributed by atoms with Gasteiger partial charge in [0, 0.05) is 24.5 Å². The zero-order valence-corrected chi connectivity index (χ0v) is 15.7. The summed E-state index contributed by atoms with van der Waals surface area (Å²) in [5.74, 6) is 0.192. The number of rotatable bonds is 5. The van der Waals surface area contributed by atoms with E-state index in [2.05, 4.69) is 4.99 Å². The highest BCUT2D eigenvalue weighted by Gasteiger charge is 2.15. The van der Waals surface area contributed by atoms with E-state index in [9.17, 15) is 5.11 Å².